The molecule has 0 aromatic carbocycles. The van der Waals surface area contributed by atoms with Gasteiger partial charge in [-0.2, -0.15) is 0 Å². The molecule has 0 aromatic heterocycles. The van der Waals surface area contributed by atoms with Gasteiger partial charge in [-0.3, -0.25) is 4.79 Å². The van der Waals surface area contributed by atoms with Gasteiger partial charge in [0.05, 0.1) is 11.6 Å². The van der Waals surface area contributed by atoms with Gasteiger partial charge in [-0.15, -0.1) is 0 Å². The molecular weight excluding hydrogens is 209 g/mol. The van der Waals surface area contributed by atoms with E-state index < -0.39 is 11.8 Å². The minimum absolute atomic E-state index is 0.0823. The van der Waals surface area contributed by atoms with Gasteiger partial charge in [0.1, 0.15) is 6.17 Å². The molecule has 2 saturated carbocycles. The van der Waals surface area contributed by atoms with E-state index in [1.54, 1.807) is 6.92 Å². The maximum absolute atomic E-state index is 13.5. The first-order chi connectivity index (χ1) is 7.48. The Balaban J connectivity index is 1.79. The highest BCUT2D eigenvalue weighted by Crippen LogP contribution is 2.37. The number of nitrogens with one attached hydrogen (secondary N) is 1. The van der Waals surface area contributed by atoms with Crippen molar-refractivity contribution >= 4 is 5.91 Å². The molecular formula is C12H20FNO2. The largest absolute Gasteiger partial charge is 0.390 e. The van der Waals surface area contributed by atoms with Crippen molar-refractivity contribution in [2.75, 3.05) is 0 Å². The van der Waals surface area contributed by atoms with Gasteiger partial charge in [0, 0.05) is 5.92 Å². The Morgan fingerprint density at radius 3 is 2.56 bits per heavy atom. The summed E-state index contributed by atoms with van der Waals surface area (Å²) in [6.07, 6.45) is 3.34. The molecule has 0 bridgehead atoms. The van der Waals surface area contributed by atoms with Gasteiger partial charge in [0.25, 0.3) is 0 Å². The molecule has 2 fully saturated rings. The topological polar surface area (TPSA) is 49.3 Å². The summed E-state index contributed by atoms with van der Waals surface area (Å²) >= 11 is 0. The van der Waals surface area contributed by atoms with Crippen LogP contribution in [0.2, 0.25) is 0 Å². The lowest BCUT2D eigenvalue weighted by molar-refractivity contribution is -0.140. The van der Waals surface area contributed by atoms with E-state index >= 15 is 0 Å². The normalized spacial score (nSPS) is 43.6. The predicted octanol–water partition coefficient (Wildman–Crippen LogP) is 1.54. The van der Waals surface area contributed by atoms with E-state index in [1.807, 2.05) is 0 Å². The molecule has 2 aliphatic rings. The number of carbonyl (C=O) groups excluding carboxylic acids is 1. The fourth-order valence-corrected chi connectivity index (χ4v) is 2.74. The van der Waals surface area contributed by atoms with Gasteiger partial charge in [-0.05, 0) is 32.6 Å². The molecule has 92 valence electrons. The maximum Gasteiger partial charge on any atom is 0.223 e. The number of hydrogen-bond acceptors (Lipinski definition) is 2. The second-order valence-corrected chi connectivity index (χ2v) is 5.52. The van der Waals surface area contributed by atoms with Crippen LogP contribution in [0.3, 0.4) is 0 Å². The second-order valence-electron chi connectivity index (χ2n) is 5.52. The first-order valence-electron chi connectivity index (χ1n) is 6.15. The van der Waals surface area contributed by atoms with Crippen molar-refractivity contribution in [3.63, 3.8) is 0 Å². The van der Waals surface area contributed by atoms with Gasteiger partial charge in [0.15, 0.2) is 0 Å². The minimum Gasteiger partial charge on any atom is -0.390 e. The number of rotatable bonds is 2. The van der Waals surface area contributed by atoms with Crippen molar-refractivity contribution in [2.45, 2.75) is 63.3 Å². The Hall–Kier alpha value is -0.640. The SMILES string of the molecule is CC1(O)CC(C(=O)N[C@@H]2CCCC[C@H]2F)C1. The van der Waals surface area contributed by atoms with Crippen LogP contribution < -0.4 is 5.32 Å². The molecule has 2 rings (SSSR count). The number of amides is 1. The average Bonchev–Trinajstić information content (AvgIpc) is 2.17. The summed E-state index contributed by atoms with van der Waals surface area (Å²) < 4.78 is 13.5. The molecule has 0 saturated heterocycles. The lowest BCUT2D eigenvalue weighted by Gasteiger charge is -2.40. The van der Waals surface area contributed by atoms with Crippen LogP contribution in [0, 0.1) is 5.92 Å². The molecule has 0 aliphatic heterocycles. The Morgan fingerprint density at radius 1 is 1.38 bits per heavy atom. The Kier molecular flexibility index (Phi) is 3.19. The number of carbonyl (C=O) groups is 1. The smallest absolute Gasteiger partial charge is 0.223 e. The summed E-state index contributed by atoms with van der Waals surface area (Å²) in [6, 6.07) is -0.299. The fraction of sp³-hybridized carbons (Fsp3) is 0.917. The predicted molar refractivity (Wildman–Crippen MR) is 58.6 cm³/mol. The Labute approximate surface area is 95.4 Å². The van der Waals surface area contributed by atoms with E-state index in [2.05, 4.69) is 5.32 Å². The van der Waals surface area contributed by atoms with Crippen LogP contribution in [0.25, 0.3) is 0 Å². The van der Waals surface area contributed by atoms with Crippen LogP contribution >= 0.6 is 0 Å². The van der Waals surface area contributed by atoms with Crippen LogP contribution in [-0.4, -0.2) is 28.8 Å². The summed E-state index contributed by atoms with van der Waals surface area (Å²) in [6.45, 7) is 1.73. The van der Waals surface area contributed by atoms with E-state index in [0.29, 0.717) is 19.3 Å². The van der Waals surface area contributed by atoms with Crippen molar-refractivity contribution in [2.24, 2.45) is 5.92 Å². The van der Waals surface area contributed by atoms with E-state index in [4.69, 9.17) is 0 Å². The molecule has 3 nitrogen and oxygen atoms in total. The third kappa shape index (κ3) is 2.54. The second kappa shape index (κ2) is 4.32. The highest BCUT2D eigenvalue weighted by molar-refractivity contribution is 5.80. The third-order valence-corrected chi connectivity index (χ3v) is 3.75. The molecule has 0 spiro atoms. The van der Waals surface area contributed by atoms with Crippen LogP contribution in [0.4, 0.5) is 4.39 Å². The average molecular weight is 229 g/mol. The lowest BCUT2D eigenvalue weighted by atomic mass is 9.71. The molecule has 0 heterocycles. The van der Waals surface area contributed by atoms with Crippen LogP contribution in [0.15, 0.2) is 0 Å². The molecule has 4 heteroatoms. The minimum atomic E-state index is -0.890. The molecule has 0 aromatic rings. The summed E-state index contributed by atoms with van der Waals surface area (Å²) in [5.41, 5.74) is -0.691. The zero-order chi connectivity index (χ0) is 11.8. The molecule has 0 unspecified atom stereocenters. The lowest BCUT2D eigenvalue weighted by Crippen LogP contribution is -2.52. The van der Waals surface area contributed by atoms with Crippen LogP contribution in [-0.2, 0) is 4.79 Å². The van der Waals surface area contributed by atoms with Gasteiger partial charge >= 0.3 is 0 Å². The van der Waals surface area contributed by atoms with Gasteiger partial charge in [-0.1, -0.05) is 12.8 Å². The first-order valence-corrected chi connectivity index (χ1v) is 6.15. The summed E-state index contributed by atoms with van der Waals surface area (Å²) in [5, 5.41) is 12.3. The van der Waals surface area contributed by atoms with E-state index in [-0.39, 0.29) is 17.9 Å². The van der Waals surface area contributed by atoms with E-state index in [9.17, 15) is 14.3 Å². The van der Waals surface area contributed by atoms with Crippen LogP contribution in [0.1, 0.15) is 45.4 Å². The van der Waals surface area contributed by atoms with Crippen LogP contribution in [0.5, 0.6) is 0 Å². The molecule has 2 N–H and O–H groups in total. The quantitative estimate of drug-likeness (QED) is 0.754. The molecule has 2 atom stereocenters. The summed E-state index contributed by atoms with van der Waals surface area (Å²) in [5.74, 6) is -0.204. The fourth-order valence-electron chi connectivity index (χ4n) is 2.74. The maximum atomic E-state index is 13.5. The van der Waals surface area contributed by atoms with Gasteiger partial charge in [-0.25, -0.2) is 4.39 Å². The van der Waals surface area contributed by atoms with Crippen molar-refractivity contribution in [3.8, 4) is 0 Å². The van der Waals surface area contributed by atoms with Gasteiger partial charge < -0.3 is 10.4 Å². The summed E-state index contributed by atoms with van der Waals surface area (Å²) in [4.78, 5) is 11.7. The van der Waals surface area contributed by atoms with Crippen molar-refractivity contribution < 1.29 is 14.3 Å². The van der Waals surface area contributed by atoms with Gasteiger partial charge in [0.2, 0.25) is 5.91 Å². The third-order valence-electron chi connectivity index (χ3n) is 3.75. The van der Waals surface area contributed by atoms with E-state index in [1.165, 1.54) is 0 Å². The zero-order valence-electron chi connectivity index (χ0n) is 9.71. The highest BCUT2D eigenvalue weighted by Gasteiger charge is 2.43. The number of halogens is 1. The zero-order valence-corrected chi connectivity index (χ0v) is 9.71. The monoisotopic (exact) mass is 229 g/mol. The highest BCUT2D eigenvalue weighted by atomic mass is 19.1. The molecule has 0 radical (unpaired) electrons. The number of aliphatic hydroxyl groups is 1. The first kappa shape index (κ1) is 11.8. The molecule has 2 aliphatic carbocycles. The molecule has 16 heavy (non-hydrogen) atoms. The van der Waals surface area contributed by atoms with E-state index in [0.717, 1.165) is 19.3 Å². The van der Waals surface area contributed by atoms with Crippen molar-refractivity contribution in [1.29, 1.82) is 0 Å². The van der Waals surface area contributed by atoms with Crippen molar-refractivity contribution in [1.82, 2.24) is 5.32 Å². The Bertz CT molecular complexity index is 272. The number of hydrogen-bond donors (Lipinski definition) is 2. The Morgan fingerprint density at radius 2 is 2.00 bits per heavy atom. The summed E-state index contributed by atoms with van der Waals surface area (Å²) in [7, 11) is 0. The standard InChI is InChI=1S/C12H20FNO2/c1-12(16)6-8(7-12)11(15)14-10-5-3-2-4-9(10)13/h8-10,16H,2-7H2,1H3,(H,14,15)/t8?,9-,10-,12?/m1/s1. The van der Waals surface area contributed by atoms with Crippen molar-refractivity contribution in [3.05, 3.63) is 0 Å². The number of alkyl halides is 1. The molecule has 1 amide bonds.